The van der Waals surface area contributed by atoms with E-state index in [1.807, 2.05) is 56.3 Å². The highest BCUT2D eigenvalue weighted by Crippen LogP contribution is 2.29. The molecule has 0 aliphatic carbocycles. The molecule has 1 heterocycles. The average Bonchev–Trinajstić information content (AvgIpc) is 2.95. The lowest BCUT2D eigenvalue weighted by Crippen LogP contribution is -2.37. The summed E-state index contributed by atoms with van der Waals surface area (Å²) in [4.78, 5) is 12.2. The van der Waals surface area contributed by atoms with Crippen LogP contribution < -0.4 is 15.4 Å². The van der Waals surface area contributed by atoms with Crippen molar-refractivity contribution in [2.45, 2.75) is 25.7 Å². The van der Waals surface area contributed by atoms with Crippen LogP contribution >= 0.6 is 0 Å². The molecular weight excluding hydrogens is 320 g/mol. The fraction of sp³-hybridized carbons (Fsp3) is 0.316. The van der Waals surface area contributed by atoms with E-state index in [-0.39, 0.29) is 12.1 Å². The van der Waals surface area contributed by atoms with E-state index in [1.54, 1.807) is 12.1 Å². The van der Waals surface area contributed by atoms with Crippen LogP contribution in [0.1, 0.15) is 13.8 Å². The lowest BCUT2D eigenvalue weighted by molar-refractivity contribution is -0.137. The number of urea groups is 1. The summed E-state index contributed by atoms with van der Waals surface area (Å²) in [6.45, 7) is 4.53. The minimum absolute atomic E-state index is 0.156. The van der Waals surface area contributed by atoms with Gasteiger partial charge in [0.15, 0.2) is 11.5 Å². The Morgan fingerprint density at radius 1 is 1.16 bits per heavy atom. The van der Waals surface area contributed by atoms with Crippen molar-refractivity contribution in [1.29, 1.82) is 0 Å². The molecule has 1 fully saturated rings. The predicted molar refractivity (Wildman–Crippen MR) is 94.9 cm³/mol. The first kappa shape index (κ1) is 17.3. The minimum atomic E-state index is -0.598. The summed E-state index contributed by atoms with van der Waals surface area (Å²) in [5, 5.41) is 5.60. The molecule has 1 saturated heterocycles. The number of hydrogen-bond acceptors (Lipinski definition) is 4. The topological polar surface area (TPSA) is 68.8 Å². The van der Waals surface area contributed by atoms with Crippen LogP contribution in [-0.2, 0) is 9.47 Å². The van der Waals surface area contributed by atoms with Crippen molar-refractivity contribution in [3.8, 4) is 11.5 Å². The number of amides is 2. The second-order valence-corrected chi connectivity index (χ2v) is 6.20. The zero-order chi connectivity index (χ0) is 17.7. The number of para-hydroxylation sites is 3. The van der Waals surface area contributed by atoms with Gasteiger partial charge in [-0.2, -0.15) is 0 Å². The highest BCUT2D eigenvalue weighted by atomic mass is 16.7. The van der Waals surface area contributed by atoms with Gasteiger partial charge in [0, 0.05) is 6.54 Å². The van der Waals surface area contributed by atoms with Gasteiger partial charge in [0.25, 0.3) is 0 Å². The fourth-order valence-corrected chi connectivity index (χ4v) is 2.51. The van der Waals surface area contributed by atoms with Crippen LogP contribution in [0, 0.1) is 0 Å². The minimum Gasteiger partial charge on any atom is -0.455 e. The molecule has 25 heavy (non-hydrogen) atoms. The molecule has 0 aromatic heterocycles. The Kier molecular flexibility index (Phi) is 5.21. The number of benzene rings is 2. The van der Waals surface area contributed by atoms with E-state index in [0.717, 1.165) is 0 Å². The maximum atomic E-state index is 12.2. The summed E-state index contributed by atoms with van der Waals surface area (Å²) in [7, 11) is 0. The molecular formula is C19H22N2O4. The molecule has 2 N–H and O–H groups in total. The van der Waals surface area contributed by atoms with E-state index < -0.39 is 5.79 Å². The predicted octanol–water partition coefficient (Wildman–Crippen LogP) is 3.75. The van der Waals surface area contributed by atoms with Gasteiger partial charge in [-0.1, -0.05) is 30.3 Å². The summed E-state index contributed by atoms with van der Waals surface area (Å²) < 4.78 is 17.0. The highest BCUT2D eigenvalue weighted by Gasteiger charge is 2.32. The van der Waals surface area contributed by atoms with E-state index in [0.29, 0.717) is 30.3 Å². The molecule has 0 spiro atoms. The van der Waals surface area contributed by atoms with Crippen molar-refractivity contribution in [1.82, 2.24) is 5.32 Å². The van der Waals surface area contributed by atoms with E-state index in [9.17, 15) is 4.79 Å². The van der Waals surface area contributed by atoms with Gasteiger partial charge in [-0.15, -0.1) is 0 Å². The Morgan fingerprint density at radius 2 is 1.88 bits per heavy atom. The zero-order valence-corrected chi connectivity index (χ0v) is 14.3. The summed E-state index contributed by atoms with van der Waals surface area (Å²) in [6, 6.07) is 16.4. The lowest BCUT2D eigenvalue weighted by atomic mass is 10.3. The molecule has 0 bridgehead atoms. The smallest absolute Gasteiger partial charge is 0.319 e. The van der Waals surface area contributed by atoms with Gasteiger partial charge in [0.1, 0.15) is 11.9 Å². The van der Waals surface area contributed by atoms with E-state index >= 15 is 0 Å². The second kappa shape index (κ2) is 7.55. The largest absolute Gasteiger partial charge is 0.455 e. The number of rotatable bonds is 5. The standard InChI is InChI=1S/C19H22N2O4/c1-19(2)23-13-15(25-19)12-20-18(22)21-16-10-6-7-11-17(16)24-14-8-4-3-5-9-14/h3-11,15H,12-13H2,1-2H3,(H2,20,21,22)/t15-/m1/s1. The Bertz CT molecular complexity index is 718. The lowest BCUT2D eigenvalue weighted by Gasteiger charge is -2.17. The van der Waals surface area contributed by atoms with Crippen molar-refractivity contribution >= 4 is 11.7 Å². The number of hydrogen-bond donors (Lipinski definition) is 2. The third kappa shape index (κ3) is 4.95. The van der Waals surface area contributed by atoms with Gasteiger partial charge >= 0.3 is 6.03 Å². The van der Waals surface area contributed by atoms with Crippen molar-refractivity contribution in [3.63, 3.8) is 0 Å². The Balaban J connectivity index is 1.56. The molecule has 3 rings (SSSR count). The van der Waals surface area contributed by atoms with Gasteiger partial charge in [-0.3, -0.25) is 0 Å². The molecule has 0 unspecified atom stereocenters. The molecule has 132 valence electrons. The number of anilines is 1. The van der Waals surface area contributed by atoms with E-state index in [1.165, 1.54) is 0 Å². The van der Waals surface area contributed by atoms with Gasteiger partial charge in [-0.25, -0.2) is 4.79 Å². The summed E-state index contributed by atoms with van der Waals surface area (Å²) in [6.07, 6.45) is -0.156. The molecule has 2 aromatic rings. The number of nitrogens with one attached hydrogen (secondary N) is 2. The first-order valence-corrected chi connectivity index (χ1v) is 8.20. The molecule has 1 aliphatic rings. The highest BCUT2D eigenvalue weighted by molar-refractivity contribution is 5.90. The summed E-state index contributed by atoms with van der Waals surface area (Å²) >= 11 is 0. The van der Waals surface area contributed by atoms with E-state index in [2.05, 4.69) is 10.6 Å². The molecule has 6 nitrogen and oxygen atoms in total. The van der Waals surface area contributed by atoms with Crippen LogP contribution in [0.15, 0.2) is 54.6 Å². The maximum Gasteiger partial charge on any atom is 0.319 e. The molecule has 0 saturated carbocycles. The van der Waals surface area contributed by atoms with Crippen molar-refractivity contribution < 1.29 is 19.0 Å². The van der Waals surface area contributed by atoms with Gasteiger partial charge in [0.2, 0.25) is 0 Å². The van der Waals surface area contributed by atoms with Crippen molar-refractivity contribution in [2.75, 3.05) is 18.5 Å². The second-order valence-electron chi connectivity index (χ2n) is 6.20. The zero-order valence-electron chi connectivity index (χ0n) is 14.3. The molecule has 6 heteroatoms. The third-order valence-electron chi connectivity index (χ3n) is 3.66. The fourth-order valence-electron chi connectivity index (χ4n) is 2.51. The van der Waals surface area contributed by atoms with E-state index in [4.69, 9.17) is 14.2 Å². The van der Waals surface area contributed by atoms with Crippen LogP contribution in [0.3, 0.4) is 0 Å². The van der Waals surface area contributed by atoms with Gasteiger partial charge in [0.05, 0.1) is 12.3 Å². The Morgan fingerprint density at radius 3 is 2.60 bits per heavy atom. The SMILES string of the molecule is CC1(C)OC[C@@H](CNC(=O)Nc2ccccc2Oc2ccccc2)O1. The molecule has 1 aliphatic heterocycles. The summed E-state index contributed by atoms with van der Waals surface area (Å²) in [5.41, 5.74) is 0.591. The molecule has 2 amide bonds. The van der Waals surface area contributed by atoms with Crippen LogP contribution in [-0.4, -0.2) is 31.1 Å². The van der Waals surface area contributed by atoms with Crippen LogP contribution in [0.2, 0.25) is 0 Å². The Labute approximate surface area is 147 Å². The van der Waals surface area contributed by atoms with Crippen molar-refractivity contribution in [3.05, 3.63) is 54.6 Å². The monoisotopic (exact) mass is 342 g/mol. The maximum absolute atomic E-state index is 12.2. The van der Waals surface area contributed by atoms with Crippen LogP contribution in [0.5, 0.6) is 11.5 Å². The van der Waals surface area contributed by atoms with Gasteiger partial charge < -0.3 is 24.8 Å². The molecule has 0 radical (unpaired) electrons. The number of ether oxygens (including phenoxy) is 3. The quantitative estimate of drug-likeness (QED) is 0.868. The average molecular weight is 342 g/mol. The number of carbonyl (C=O) groups is 1. The number of carbonyl (C=O) groups excluding carboxylic acids is 1. The molecule has 1 atom stereocenters. The van der Waals surface area contributed by atoms with Crippen molar-refractivity contribution in [2.24, 2.45) is 0 Å². The first-order valence-electron chi connectivity index (χ1n) is 8.20. The molecule has 2 aromatic carbocycles. The Hall–Kier alpha value is -2.57. The normalized spacial score (nSPS) is 18.6. The van der Waals surface area contributed by atoms with Crippen LogP contribution in [0.4, 0.5) is 10.5 Å². The van der Waals surface area contributed by atoms with Crippen LogP contribution in [0.25, 0.3) is 0 Å². The van der Waals surface area contributed by atoms with Gasteiger partial charge in [-0.05, 0) is 38.1 Å². The summed E-state index contributed by atoms with van der Waals surface area (Å²) in [5.74, 6) is 0.681. The third-order valence-corrected chi connectivity index (χ3v) is 3.66. The first-order chi connectivity index (χ1) is 12.0.